The SMILES string of the molecule is C.CO[PH](=O)O. The van der Waals surface area contributed by atoms with Gasteiger partial charge in [-0.25, -0.2) is 0 Å². The highest BCUT2D eigenvalue weighted by atomic mass is 31.1. The Kier molecular flexibility index (Phi) is 8.13. The molecule has 0 aliphatic carbocycles. The maximum absolute atomic E-state index is 9.33. The van der Waals surface area contributed by atoms with Gasteiger partial charge < -0.3 is 9.42 Å². The predicted molar refractivity (Wildman–Crippen MR) is 25.0 cm³/mol. The van der Waals surface area contributed by atoms with Crippen LogP contribution in [0.4, 0.5) is 0 Å². The van der Waals surface area contributed by atoms with E-state index < -0.39 is 8.25 Å². The quantitative estimate of drug-likeness (QED) is 0.506. The average Bonchev–Trinajstić information content (AvgIpc) is 1.38. The molecule has 0 radical (unpaired) electrons. The Morgan fingerprint density at radius 1 is 1.83 bits per heavy atom. The normalized spacial score (nSPS) is 12.3. The van der Waals surface area contributed by atoms with Crippen LogP contribution in [0, 0.1) is 0 Å². The van der Waals surface area contributed by atoms with Crippen LogP contribution in [0.25, 0.3) is 0 Å². The standard InChI is InChI=1S/CH5O3P.CH4/c1-4-5(2)3;/h5H,1H3,(H,2,3);1H4. The monoisotopic (exact) mass is 112 g/mol. The lowest BCUT2D eigenvalue weighted by Gasteiger charge is -1.78. The van der Waals surface area contributed by atoms with E-state index in [0.717, 1.165) is 0 Å². The van der Waals surface area contributed by atoms with E-state index in [1.807, 2.05) is 0 Å². The molecule has 0 spiro atoms. The molecule has 0 saturated heterocycles. The van der Waals surface area contributed by atoms with Crippen LogP contribution in [0.15, 0.2) is 0 Å². The molecule has 1 atom stereocenters. The molecule has 0 amide bonds. The molecule has 0 aromatic heterocycles. The van der Waals surface area contributed by atoms with Crippen LogP contribution in [0.1, 0.15) is 7.43 Å². The summed E-state index contributed by atoms with van der Waals surface area (Å²) in [5.74, 6) is 0. The van der Waals surface area contributed by atoms with Crippen LogP contribution < -0.4 is 0 Å². The zero-order chi connectivity index (χ0) is 4.28. The summed E-state index contributed by atoms with van der Waals surface area (Å²) in [6.45, 7) is 0. The van der Waals surface area contributed by atoms with Crippen LogP contribution in [-0.4, -0.2) is 12.0 Å². The lowest BCUT2D eigenvalue weighted by Crippen LogP contribution is -1.57. The smallest absolute Gasteiger partial charge is 0.316 e. The van der Waals surface area contributed by atoms with Crippen molar-refractivity contribution in [1.82, 2.24) is 0 Å². The molecule has 40 valence electrons. The lowest BCUT2D eigenvalue weighted by molar-refractivity contribution is 0.343. The Labute approximate surface area is 37.9 Å². The third-order valence-electron chi connectivity index (χ3n) is 0.175. The van der Waals surface area contributed by atoms with Gasteiger partial charge in [0.05, 0.1) is 0 Å². The number of hydrogen-bond donors (Lipinski definition) is 1. The van der Waals surface area contributed by atoms with Gasteiger partial charge in [-0.05, 0) is 0 Å². The fourth-order valence-corrected chi connectivity index (χ4v) is 0. The number of hydrogen-bond acceptors (Lipinski definition) is 2. The molecule has 1 unspecified atom stereocenters. The summed E-state index contributed by atoms with van der Waals surface area (Å²) >= 11 is 0. The van der Waals surface area contributed by atoms with Crippen LogP contribution in [-0.2, 0) is 9.09 Å². The molecule has 0 rings (SSSR count). The topological polar surface area (TPSA) is 46.5 Å². The van der Waals surface area contributed by atoms with Crippen molar-refractivity contribution in [2.75, 3.05) is 7.11 Å². The molecule has 4 heteroatoms. The molecule has 0 aromatic rings. The summed E-state index contributed by atoms with van der Waals surface area (Å²) in [6.07, 6.45) is 0. The van der Waals surface area contributed by atoms with Crippen LogP contribution >= 0.6 is 8.25 Å². The van der Waals surface area contributed by atoms with E-state index >= 15 is 0 Å². The van der Waals surface area contributed by atoms with Gasteiger partial charge in [0.15, 0.2) is 0 Å². The number of rotatable bonds is 1. The summed E-state index contributed by atoms with van der Waals surface area (Å²) < 4.78 is 13.2. The van der Waals surface area contributed by atoms with Gasteiger partial charge in [0.2, 0.25) is 0 Å². The van der Waals surface area contributed by atoms with Crippen molar-refractivity contribution < 1.29 is 14.0 Å². The van der Waals surface area contributed by atoms with Gasteiger partial charge in [-0.1, -0.05) is 7.43 Å². The van der Waals surface area contributed by atoms with Crippen molar-refractivity contribution in [3.8, 4) is 0 Å². The average molecular weight is 112 g/mol. The van der Waals surface area contributed by atoms with Crippen molar-refractivity contribution in [3.63, 3.8) is 0 Å². The second-order valence-electron chi connectivity index (χ2n) is 0.470. The molecule has 0 heterocycles. The minimum atomic E-state index is -2.62. The molecule has 0 aliphatic heterocycles. The summed E-state index contributed by atoms with van der Waals surface area (Å²) in [7, 11) is -1.44. The third kappa shape index (κ3) is 8.91. The third-order valence-corrected chi connectivity index (χ3v) is 0.524. The fraction of sp³-hybridized carbons (Fsp3) is 1.00. The van der Waals surface area contributed by atoms with E-state index in [1.54, 1.807) is 0 Å². The molecule has 1 N–H and O–H groups in total. The molecular formula is C2H9O3P. The maximum Gasteiger partial charge on any atom is 0.316 e. The van der Waals surface area contributed by atoms with Crippen molar-refractivity contribution in [1.29, 1.82) is 0 Å². The lowest BCUT2D eigenvalue weighted by atomic mass is 11.8. The molecule has 0 aromatic carbocycles. The van der Waals surface area contributed by atoms with Gasteiger partial charge in [0, 0.05) is 7.11 Å². The summed E-state index contributed by atoms with van der Waals surface area (Å²) in [5, 5.41) is 0. The second-order valence-corrected chi connectivity index (χ2v) is 1.41. The van der Waals surface area contributed by atoms with Crippen molar-refractivity contribution in [2.45, 2.75) is 7.43 Å². The molecule has 6 heavy (non-hydrogen) atoms. The Bertz CT molecular complexity index is 44.1. The Hall–Kier alpha value is 0.150. The highest BCUT2D eigenvalue weighted by Gasteiger charge is 1.74. The fourth-order valence-electron chi connectivity index (χ4n) is 0. The molecule has 3 nitrogen and oxygen atoms in total. The highest BCUT2D eigenvalue weighted by Crippen LogP contribution is 2.09. The van der Waals surface area contributed by atoms with Gasteiger partial charge in [0.25, 0.3) is 0 Å². The molecule has 0 bridgehead atoms. The Morgan fingerprint density at radius 2 is 2.00 bits per heavy atom. The van der Waals surface area contributed by atoms with E-state index in [-0.39, 0.29) is 7.43 Å². The van der Waals surface area contributed by atoms with E-state index in [4.69, 9.17) is 4.89 Å². The maximum atomic E-state index is 9.33. The minimum absolute atomic E-state index is 0. The molecule has 0 aliphatic rings. The van der Waals surface area contributed by atoms with E-state index in [1.165, 1.54) is 7.11 Å². The zero-order valence-corrected chi connectivity index (χ0v) is 3.76. The minimum Gasteiger partial charge on any atom is -0.326 e. The highest BCUT2D eigenvalue weighted by molar-refractivity contribution is 7.32. The molecule has 0 saturated carbocycles. The predicted octanol–water partition coefficient (Wildman–Crippen LogP) is 0.651. The summed E-state index contributed by atoms with van der Waals surface area (Å²) in [5.41, 5.74) is 0. The van der Waals surface area contributed by atoms with E-state index in [9.17, 15) is 4.57 Å². The van der Waals surface area contributed by atoms with Crippen molar-refractivity contribution in [3.05, 3.63) is 0 Å². The first kappa shape index (κ1) is 9.47. The Morgan fingerprint density at radius 3 is 2.00 bits per heavy atom. The summed E-state index contributed by atoms with van der Waals surface area (Å²) in [6, 6.07) is 0. The first-order valence-electron chi connectivity index (χ1n) is 1.04. The van der Waals surface area contributed by atoms with Gasteiger partial charge >= 0.3 is 8.25 Å². The van der Waals surface area contributed by atoms with Crippen LogP contribution in [0.5, 0.6) is 0 Å². The second kappa shape index (κ2) is 5.15. The largest absolute Gasteiger partial charge is 0.326 e. The van der Waals surface area contributed by atoms with Crippen molar-refractivity contribution in [2.24, 2.45) is 0 Å². The first-order valence-corrected chi connectivity index (χ1v) is 2.30. The van der Waals surface area contributed by atoms with Gasteiger partial charge in [0.1, 0.15) is 0 Å². The molecular weight excluding hydrogens is 103 g/mol. The van der Waals surface area contributed by atoms with Gasteiger partial charge in [-0.2, -0.15) is 0 Å². The van der Waals surface area contributed by atoms with E-state index in [2.05, 4.69) is 4.52 Å². The van der Waals surface area contributed by atoms with Crippen LogP contribution in [0.3, 0.4) is 0 Å². The van der Waals surface area contributed by atoms with Crippen molar-refractivity contribution >= 4 is 8.25 Å². The molecule has 0 fully saturated rings. The first-order chi connectivity index (χ1) is 2.27. The summed E-state index contributed by atoms with van der Waals surface area (Å²) in [4.78, 5) is 7.69. The van der Waals surface area contributed by atoms with Gasteiger partial charge in [-0.3, -0.25) is 4.57 Å². The van der Waals surface area contributed by atoms with Gasteiger partial charge in [-0.15, -0.1) is 0 Å². The zero-order valence-electron chi connectivity index (χ0n) is 2.76. The van der Waals surface area contributed by atoms with Crippen LogP contribution in [0.2, 0.25) is 0 Å². The van der Waals surface area contributed by atoms with E-state index in [0.29, 0.717) is 0 Å². The Balaban J connectivity index is 0.